The van der Waals surface area contributed by atoms with Crippen molar-refractivity contribution < 1.29 is 9.53 Å². The van der Waals surface area contributed by atoms with E-state index in [0.29, 0.717) is 19.0 Å². The third-order valence-electron chi connectivity index (χ3n) is 3.02. The maximum Gasteiger partial charge on any atom is 0.307 e. The van der Waals surface area contributed by atoms with E-state index in [4.69, 9.17) is 0 Å². The number of nitrogens with zero attached hydrogens (tertiary/aromatic N) is 1. The molecule has 1 fully saturated rings. The SMILES string of the molecule is CN=C(NCCC(=O)OC)NC1CCCCC1.I. The number of esters is 1. The number of hydrogen-bond acceptors (Lipinski definition) is 3. The van der Waals surface area contributed by atoms with Crippen LogP contribution in [0.2, 0.25) is 0 Å². The maximum atomic E-state index is 10.9. The molecule has 0 atom stereocenters. The van der Waals surface area contributed by atoms with Crippen molar-refractivity contribution in [3.05, 3.63) is 0 Å². The van der Waals surface area contributed by atoms with Crippen molar-refractivity contribution in [3.63, 3.8) is 0 Å². The third-order valence-corrected chi connectivity index (χ3v) is 3.02. The van der Waals surface area contributed by atoms with Crippen LogP contribution in [0, 0.1) is 0 Å². The number of nitrogens with one attached hydrogen (secondary N) is 2. The van der Waals surface area contributed by atoms with Gasteiger partial charge in [-0.15, -0.1) is 24.0 Å². The molecule has 0 aromatic rings. The lowest BCUT2D eigenvalue weighted by Crippen LogP contribution is -2.44. The number of halogens is 1. The number of guanidine groups is 1. The quantitative estimate of drug-likeness (QED) is 0.343. The molecule has 0 aromatic heterocycles. The highest BCUT2D eigenvalue weighted by Crippen LogP contribution is 2.17. The first-order chi connectivity index (χ1) is 8.26. The van der Waals surface area contributed by atoms with E-state index in [-0.39, 0.29) is 29.9 Å². The minimum absolute atomic E-state index is 0. The minimum Gasteiger partial charge on any atom is -0.469 e. The first-order valence-electron chi connectivity index (χ1n) is 6.30. The fraction of sp³-hybridized carbons (Fsp3) is 0.833. The van der Waals surface area contributed by atoms with Crippen molar-refractivity contribution in [2.75, 3.05) is 20.7 Å². The zero-order valence-corrected chi connectivity index (χ0v) is 13.5. The second kappa shape index (κ2) is 10.4. The average molecular weight is 369 g/mol. The van der Waals surface area contributed by atoms with Gasteiger partial charge in [0.2, 0.25) is 0 Å². The van der Waals surface area contributed by atoms with E-state index in [1.807, 2.05) is 0 Å². The second-order valence-electron chi connectivity index (χ2n) is 4.30. The second-order valence-corrected chi connectivity index (χ2v) is 4.30. The fourth-order valence-corrected chi connectivity index (χ4v) is 2.02. The maximum absolute atomic E-state index is 10.9. The van der Waals surface area contributed by atoms with Gasteiger partial charge < -0.3 is 15.4 Å². The Morgan fingerprint density at radius 3 is 2.56 bits per heavy atom. The van der Waals surface area contributed by atoms with Crippen LogP contribution in [0.3, 0.4) is 0 Å². The van der Waals surface area contributed by atoms with Gasteiger partial charge in [-0.1, -0.05) is 19.3 Å². The standard InChI is InChI=1S/C12H23N3O2.HI/c1-13-12(14-9-8-11(16)17-2)15-10-6-4-3-5-7-10;/h10H,3-9H2,1-2H3,(H2,13,14,15);1H. The topological polar surface area (TPSA) is 62.7 Å². The number of carbonyl (C=O) groups is 1. The van der Waals surface area contributed by atoms with E-state index < -0.39 is 0 Å². The monoisotopic (exact) mass is 369 g/mol. The van der Waals surface area contributed by atoms with Gasteiger partial charge in [0, 0.05) is 19.6 Å². The predicted molar refractivity (Wildman–Crippen MR) is 83.4 cm³/mol. The van der Waals surface area contributed by atoms with Crippen LogP contribution in [0.25, 0.3) is 0 Å². The van der Waals surface area contributed by atoms with Gasteiger partial charge in [-0.25, -0.2) is 0 Å². The zero-order chi connectivity index (χ0) is 12.5. The van der Waals surface area contributed by atoms with Crippen LogP contribution in [0.5, 0.6) is 0 Å². The number of carbonyl (C=O) groups excluding carboxylic acids is 1. The van der Waals surface area contributed by atoms with Gasteiger partial charge in [-0.3, -0.25) is 9.79 Å². The van der Waals surface area contributed by atoms with Gasteiger partial charge in [0.25, 0.3) is 0 Å². The van der Waals surface area contributed by atoms with E-state index in [2.05, 4.69) is 20.4 Å². The largest absolute Gasteiger partial charge is 0.469 e. The molecule has 0 saturated heterocycles. The molecular formula is C12H24IN3O2. The summed E-state index contributed by atoms with van der Waals surface area (Å²) in [7, 11) is 3.15. The molecule has 1 aliphatic carbocycles. The normalized spacial score (nSPS) is 16.7. The summed E-state index contributed by atoms with van der Waals surface area (Å²) in [6.07, 6.45) is 6.69. The number of hydrogen-bond donors (Lipinski definition) is 2. The molecule has 0 heterocycles. The summed E-state index contributed by atoms with van der Waals surface area (Å²) in [6, 6.07) is 0.521. The summed E-state index contributed by atoms with van der Waals surface area (Å²) < 4.78 is 4.58. The van der Waals surface area contributed by atoms with Gasteiger partial charge in [0.05, 0.1) is 13.5 Å². The molecule has 0 aliphatic heterocycles. The van der Waals surface area contributed by atoms with Crippen LogP contribution in [-0.2, 0) is 9.53 Å². The molecule has 6 heteroatoms. The number of rotatable bonds is 4. The van der Waals surface area contributed by atoms with E-state index in [9.17, 15) is 4.79 Å². The summed E-state index contributed by atoms with van der Waals surface area (Å²) in [5.74, 6) is 0.575. The van der Waals surface area contributed by atoms with Crippen molar-refractivity contribution >= 4 is 35.9 Å². The van der Waals surface area contributed by atoms with Crippen molar-refractivity contribution in [1.29, 1.82) is 0 Å². The molecule has 18 heavy (non-hydrogen) atoms. The summed E-state index contributed by atoms with van der Waals surface area (Å²) in [5.41, 5.74) is 0. The van der Waals surface area contributed by atoms with E-state index in [1.165, 1.54) is 39.2 Å². The molecular weight excluding hydrogens is 345 g/mol. The van der Waals surface area contributed by atoms with Crippen molar-refractivity contribution in [1.82, 2.24) is 10.6 Å². The molecule has 1 aliphatic rings. The Hall–Kier alpha value is -0.530. The van der Waals surface area contributed by atoms with Crippen molar-refractivity contribution in [2.45, 2.75) is 44.6 Å². The Kier molecular flexibility index (Phi) is 10.1. The van der Waals surface area contributed by atoms with Crippen LogP contribution < -0.4 is 10.6 Å². The minimum atomic E-state index is -0.203. The molecule has 0 amide bonds. The summed E-state index contributed by atoms with van der Waals surface area (Å²) in [6.45, 7) is 0.555. The summed E-state index contributed by atoms with van der Waals surface area (Å²) >= 11 is 0. The molecule has 0 bridgehead atoms. The van der Waals surface area contributed by atoms with Gasteiger partial charge in [0.15, 0.2) is 5.96 Å². The molecule has 2 N–H and O–H groups in total. The Morgan fingerprint density at radius 2 is 2.00 bits per heavy atom. The zero-order valence-electron chi connectivity index (χ0n) is 11.2. The van der Waals surface area contributed by atoms with Crippen LogP contribution >= 0.6 is 24.0 Å². The number of methoxy groups -OCH3 is 1. The highest BCUT2D eigenvalue weighted by molar-refractivity contribution is 14.0. The first-order valence-corrected chi connectivity index (χ1v) is 6.30. The van der Waals surface area contributed by atoms with Crippen LogP contribution in [0.1, 0.15) is 38.5 Å². The average Bonchev–Trinajstić information content (AvgIpc) is 2.38. The smallest absolute Gasteiger partial charge is 0.307 e. The van der Waals surface area contributed by atoms with Crippen molar-refractivity contribution in [3.8, 4) is 0 Å². The number of aliphatic imine (C=N–C) groups is 1. The highest BCUT2D eigenvalue weighted by atomic mass is 127. The molecule has 1 saturated carbocycles. The summed E-state index contributed by atoms with van der Waals surface area (Å²) in [4.78, 5) is 15.1. The lowest BCUT2D eigenvalue weighted by molar-refractivity contribution is -0.140. The molecule has 0 radical (unpaired) electrons. The van der Waals surface area contributed by atoms with Gasteiger partial charge >= 0.3 is 5.97 Å². The third kappa shape index (κ3) is 7.03. The Labute approximate surface area is 126 Å². The molecule has 0 unspecified atom stereocenters. The van der Waals surface area contributed by atoms with Crippen molar-refractivity contribution in [2.24, 2.45) is 4.99 Å². The van der Waals surface area contributed by atoms with Gasteiger partial charge in [-0.2, -0.15) is 0 Å². The predicted octanol–water partition coefficient (Wildman–Crippen LogP) is 1.67. The molecule has 0 spiro atoms. The number of ether oxygens (including phenoxy) is 1. The first kappa shape index (κ1) is 17.5. The molecule has 5 nitrogen and oxygen atoms in total. The van der Waals surface area contributed by atoms with E-state index >= 15 is 0 Å². The Morgan fingerprint density at radius 1 is 1.33 bits per heavy atom. The molecule has 106 valence electrons. The van der Waals surface area contributed by atoms with E-state index in [1.54, 1.807) is 7.05 Å². The van der Waals surface area contributed by atoms with Crippen LogP contribution in [0.15, 0.2) is 4.99 Å². The molecule has 1 rings (SSSR count). The van der Waals surface area contributed by atoms with Crippen LogP contribution in [0.4, 0.5) is 0 Å². The van der Waals surface area contributed by atoms with Crippen LogP contribution in [-0.4, -0.2) is 38.7 Å². The van der Waals surface area contributed by atoms with Gasteiger partial charge in [0.1, 0.15) is 0 Å². The fourth-order valence-electron chi connectivity index (χ4n) is 2.02. The lowest BCUT2D eigenvalue weighted by Gasteiger charge is -2.24. The Bertz CT molecular complexity index is 266. The highest BCUT2D eigenvalue weighted by Gasteiger charge is 2.14. The molecule has 0 aromatic carbocycles. The lowest BCUT2D eigenvalue weighted by atomic mass is 9.96. The summed E-state index contributed by atoms with van der Waals surface area (Å²) in [5, 5.41) is 6.50. The van der Waals surface area contributed by atoms with E-state index in [0.717, 1.165) is 5.96 Å². The van der Waals surface area contributed by atoms with Gasteiger partial charge in [-0.05, 0) is 12.8 Å². The Balaban J connectivity index is 0.00000289.